The van der Waals surface area contributed by atoms with Gasteiger partial charge in [-0.25, -0.2) is 0 Å². The first-order valence-corrected chi connectivity index (χ1v) is 11.4. The number of halogens is 3. The molecule has 0 bridgehead atoms. The first kappa shape index (κ1) is 25.8. The molecule has 0 aliphatic carbocycles. The number of rotatable bonds is 17. The summed E-state index contributed by atoms with van der Waals surface area (Å²) in [5, 5.41) is 0. The van der Waals surface area contributed by atoms with Crippen molar-refractivity contribution in [1.82, 2.24) is 0 Å². The van der Waals surface area contributed by atoms with E-state index in [0.29, 0.717) is 12.8 Å². The molecule has 3 heteroatoms. The minimum Gasteiger partial charge on any atom is -0.170 e. The van der Waals surface area contributed by atoms with Gasteiger partial charge in [-0.2, -0.15) is 13.2 Å². The zero-order valence-electron chi connectivity index (χ0n) is 18.0. The molecule has 1 unspecified atom stereocenters. The van der Waals surface area contributed by atoms with Crippen molar-refractivity contribution in [3.05, 3.63) is 0 Å². The molecule has 0 spiro atoms. The average Bonchev–Trinajstić information content (AvgIpc) is 2.57. The lowest BCUT2D eigenvalue weighted by molar-refractivity contribution is -0.246. The molecule has 0 amide bonds. The third kappa shape index (κ3) is 10.2. The van der Waals surface area contributed by atoms with Crippen LogP contribution in [-0.4, -0.2) is 6.18 Å². The summed E-state index contributed by atoms with van der Waals surface area (Å²) in [6.45, 7) is 7.91. The van der Waals surface area contributed by atoms with Crippen molar-refractivity contribution in [1.29, 1.82) is 0 Å². The normalized spacial score (nSPS) is 14.8. The van der Waals surface area contributed by atoms with Gasteiger partial charge in [0.25, 0.3) is 0 Å². The second kappa shape index (κ2) is 14.8. The molecule has 0 heterocycles. The maximum Gasteiger partial charge on any atom is 0.394 e. The summed E-state index contributed by atoms with van der Waals surface area (Å²) in [7, 11) is 0. The van der Waals surface area contributed by atoms with Gasteiger partial charge in [0.05, 0.1) is 5.41 Å². The number of hydrogen-bond acceptors (Lipinski definition) is 0. The summed E-state index contributed by atoms with van der Waals surface area (Å²) in [6.07, 6.45) is 11.8. The largest absolute Gasteiger partial charge is 0.394 e. The zero-order valence-corrected chi connectivity index (χ0v) is 18.0. The van der Waals surface area contributed by atoms with E-state index in [4.69, 9.17) is 0 Å². The highest BCUT2D eigenvalue weighted by molar-refractivity contribution is 4.89. The van der Waals surface area contributed by atoms with Crippen molar-refractivity contribution in [3.63, 3.8) is 0 Å². The van der Waals surface area contributed by atoms with Gasteiger partial charge >= 0.3 is 6.18 Å². The van der Waals surface area contributed by atoms with Crippen LogP contribution in [0.25, 0.3) is 0 Å². The molecule has 0 N–H and O–H groups in total. The highest BCUT2D eigenvalue weighted by Gasteiger charge is 2.55. The lowest BCUT2D eigenvalue weighted by Gasteiger charge is -2.40. The first-order valence-electron chi connectivity index (χ1n) is 11.4. The Morgan fingerprint density at radius 2 is 0.846 bits per heavy atom. The van der Waals surface area contributed by atoms with E-state index in [1.807, 2.05) is 0 Å². The predicted octanol–water partition coefficient (Wildman–Crippen LogP) is 9.47. The highest BCUT2D eigenvalue weighted by atomic mass is 19.4. The Balaban J connectivity index is 4.37. The van der Waals surface area contributed by atoms with Gasteiger partial charge in [0.15, 0.2) is 0 Å². The molecule has 0 rings (SSSR count). The van der Waals surface area contributed by atoms with E-state index in [1.165, 1.54) is 44.9 Å². The summed E-state index contributed by atoms with van der Waals surface area (Å²) in [5.74, 6) is -0.331. The maximum atomic E-state index is 14.0. The van der Waals surface area contributed by atoms with E-state index in [1.54, 1.807) is 13.8 Å². The van der Waals surface area contributed by atoms with Crippen LogP contribution < -0.4 is 0 Å². The minimum absolute atomic E-state index is 0.316. The number of hydrogen-bond donors (Lipinski definition) is 0. The van der Waals surface area contributed by atoms with Crippen LogP contribution >= 0.6 is 0 Å². The van der Waals surface area contributed by atoms with E-state index in [2.05, 4.69) is 13.8 Å². The third-order valence-electron chi connectivity index (χ3n) is 6.12. The molecule has 0 aromatic carbocycles. The van der Waals surface area contributed by atoms with Gasteiger partial charge in [-0.15, -0.1) is 0 Å². The standard InChI is InChI=1S/C23H45F3/c1-5-7-9-11-13-14-16-18-20-22(21(3)4,23(24,25)26)19-17-15-12-10-8-6-2/h21H,5-20H2,1-4H3. The molecule has 0 aromatic heterocycles. The second-order valence-corrected chi connectivity index (χ2v) is 8.55. The molecule has 0 aliphatic heterocycles. The Morgan fingerprint density at radius 3 is 1.12 bits per heavy atom. The molecule has 0 saturated carbocycles. The lowest BCUT2D eigenvalue weighted by atomic mass is 9.69. The first-order chi connectivity index (χ1) is 12.3. The minimum atomic E-state index is -4.08. The molecule has 0 saturated heterocycles. The molecule has 158 valence electrons. The van der Waals surface area contributed by atoms with Crippen molar-refractivity contribution in [2.24, 2.45) is 11.3 Å². The van der Waals surface area contributed by atoms with Gasteiger partial charge < -0.3 is 0 Å². The summed E-state index contributed by atoms with van der Waals surface area (Å²) >= 11 is 0. The Bertz CT molecular complexity index is 309. The summed E-state index contributed by atoms with van der Waals surface area (Å²) in [6, 6.07) is 0. The monoisotopic (exact) mass is 378 g/mol. The SMILES string of the molecule is CCCCCCCCCCC(CCCCCCCC)(C(C)C)C(F)(F)F. The van der Waals surface area contributed by atoms with Crippen LogP contribution in [0.3, 0.4) is 0 Å². The van der Waals surface area contributed by atoms with Gasteiger partial charge in [0.1, 0.15) is 0 Å². The Kier molecular flexibility index (Phi) is 14.7. The van der Waals surface area contributed by atoms with Crippen molar-refractivity contribution in [3.8, 4) is 0 Å². The average molecular weight is 379 g/mol. The zero-order chi connectivity index (χ0) is 19.9. The van der Waals surface area contributed by atoms with E-state index < -0.39 is 11.6 Å². The van der Waals surface area contributed by atoms with Gasteiger partial charge in [0, 0.05) is 0 Å². The van der Waals surface area contributed by atoms with Crippen LogP contribution in [0.15, 0.2) is 0 Å². The fourth-order valence-electron chi connectivity index (χ4n) is 4.11. The molecule has 0 nitrogen and oxygen atoms in total. The topological polar surface area (TPSA) is 0 Å². The molecule has 26 heavy (non-hydrogen) atoms. The molecule has 1 atom stereocenters. The fraction of sp³-hybridized carbons (Fsp3) is 1.00. The summed E-state index contributed by atoms with van der Waals surface area (Å²) < 4.78 is 41.9. The van der Waals surface area contributed by atoms with Crippen molar-refractivity contribution < 1.29 is 13.2 Å². The van der Waals surface area contributed by atoms with E-state index in [9.17, 15) is 13.2 Å². The van der Waals surface area contributed by atoms with Crippen molar-refractivity contribution >= 4 is 0 Å². The second-order valence-electron chi connectivity index (χ2n) is 8.55. The van der Waals surface area contributed by atoms with Gasteiger partial charge in [0.2, 0.25) is 0 Å². The molecule has 0 fully saturated rings. The third-order valence-corrected chi connectivity index (χ3v) is 6.12. The Hall–Kier alpha value is -0.210. The summed E-state index contributed by atoms with van der Waals surface area (Å²) in [4.78, 5) is 0. The van der Waals surface area contributed by atoms with Gasteiger partial charge in [-0.05, 0) is 18.8 Å². The molecular formula is C23H45F3. The molecule has 0 aliphatic rings. The van der Waals surface area contributed by atoms with Crippen LogP contribution in [0.5, 0.6) is 0 Å². The van der Waals surface area contributed by atoms with Gasteiger partial charge in [-0.1, -0.05) is 118 Å². The summed E-state index contributed by atoms with van der Waals surface area (Å²) in [5.41, 5.74) is -1.47. The molecule has 0 aromatic rings. The van der Waals surface area contributed by atoms with Crippen LogP contribution in [0.4, 0.5) is 13.2 Å². The van der Waals surface area contributed by atoms with Crippen molar-refractivity contribution in [2.75, 3.05) is 0 Å². The number of alkyl halides is 3. The van der Waals surface area contributed by atoms with E-state index in [-0.39, 0.29) is 5.92 Å². The van der Waals surface area contributed by atoms with Crippen LogP contribution in [0, 0.1) is 11.3 Å². The molecule has 0 radical (unpaired) electrons. The van der Waals surface area contributed by atoms with Crippen LogP contribution in [-0.2, 0) is 0 Å². The van der Waals surface area contributed by atoms with E-state index in [0.717, 1.165) is 44.9 Å². The fourth-order valence-corrected chi connectivity index (χ4v) is 4.11. The lowest BCUT2D eigenvalue weighted by Crippen LogP contribution is -2.42. The van der Waals surface area contributed by atoms with E-state index >= 15 is 0 Å². The Labute approximate surface area is 161 Å². The van der Waals surface area contributed by atoms with Crippen LogP contribution in [0.2, 0.25) is 0 Å². The smallest absolute Gasteiger partial charge is 0.170 e. The molecular weight excluding hydrogens is 333 g/mol. The quantitative estimate of drug-likeness (QED) is 0.221. The van der Waals surface area contributed by atoms with Crippen LogP contribution in [0.1, 0.15) is 130 Å². The Morgan fingerprint density at radius 1 is 0.538 bits per heavy atom. The predicted molar refractivity (Wildman–Crippen MR) is 109 cm³/mol. The van der Waals surface area contributed by atoms with Crippen molar-refractivity contribution in [2.45, 2.75) is 137 Å². The maximum absolute atomic E-state index is 14.0. The van der Waals surface area contributed by atoms with Gasteiger partial charge in [-0.3, -0.25) is 0 Å². The number of unbranched alkanes of at least 4 members (excludes halogenated alkanes) is 12. The highest BCUT2D eigenvalue weighted by Crippen LogP contribution is 2.51.